The molecule has 1 N–H and O–H groups in total. The number of benzene rings is 3. The maximum Gasteiger partial charge on any atom is 0.268 e. The number of halogens is 1. The fourth-order valence-electron chi connectivity index (χ4n) is 3.37. The molecule has 0 bridgehead atoms. The first-order chi connectivity index (χ1) is 15.2. The first-order valence-corrected chi connectivity index (χ1v) is 13.6. The van der Waals surface area contributed by atoms with E-state index in [1.807, 2.05) is 19.1 Å². The molecule has 4 rings (SSSR count). The van der Waals surface area contributed by atoms with Gasteiger partial charge in [-0.15, -0.1) is 0 Å². The van der Waals surface area contributed by atoms with Crippen molar-refractivity contribution < 1.29 is 16.8 Å². The molecule has 9 heteroatoms. The molecule has 166 valence electrons. The van der Waals surface area contributed by atoms with E-state index in [4.69, 9.17) is 0 Å². The van der Waals surface area contributed by atoms with Crippen molar-refractivity contribution in [2.75, 3.05) is 6.54 Å². The van der Waals surface area contributed by atoms with E-state index in [2.05, 4.69) is 20.7 Å². The summed E-state index contributed by atoms with van der Waals surface area (Å²) in [5.41, 5.74) is 2.36. The molecule has 3 aromatic carbocycles. The summed E-state index contributed by atoms with van der Waals surface area (Å²) >= 11 is 3.29. The molecule has 32 heavy (non-hydrogen) atoms. The molecule has 4 aromatic rings. The van der Waals surface area contributed by atoms with Crippen molar-refractivity contribution in [3.63, 3.8) is 0 Å². The summed E-state index contributed by atoms with van der Waals surface area (Å²) in [5.74, 6) is 0. The van der Waals surface area contributed by atoms with Crippen LogP contribution in [0.15, 0.2) is 93.3 Å². The second-order valence-corrected chi connectivity index (χ2v) is 11.9. The summed E-state index contributed by atoms with van der Waals surface area (Å²) in [5, 5.41) is 0.792. The molecule has 0 amide bonds. The molecule has 1 aromatic heterocycles. The van der Waals surface area contributed by atoms with E-state index in [1.165, 1.54) is 16.1 Å². The largest absolute Gasteiger partial charge is 0.268 e. The predicted octanol–water partition coefficient (Wildman–Crippen LogP) is 4.47. The quantitative estimate of drug-likeness (QED) is 0.380. The molecule has 0 aliphatic rings. The van der Waals surface area contributed by atoms with Gasteiger partial charge in [-0.25, -0.2) is 25.5 Å². The highest BCUT2D eigenvalue weighted by Gasteiger charge is 2.19. The van der Waals surface area contributed by atoms with Crippen molar-refractivity contribution in [3.05, 3.63) is 94.6 Å². The third-order valence-electron chi connectivity index (χ3n) is 5.13. The highest BCUT2D eigenvalue weighted by atomic mass is 79.9. The van der Waals surface area contributed by atoms with Crippen LogP contribution in [0.1, 0.15) is 11.1 Å². The molecule has 0 atom stereocenters. The molecule has 0 spiro atoms. The summed E-state index contributed by atoms with van der Waals surface area (Å²) < 4.78 is 55.8. The number of hydrogen-bond acceptors (Lipinski definition) is 4. The van der Waals surface area contributed by atoms with Gasteiger partial charge in [-0.3, -0.25) is 0 Å². The Morgan fingerprint density at radius 3 is 2.19 bits per heavy atom. The lowest BCUT2D eigenvalue weighted by Gasteiger charge is -2.10. The first-order valence-electron chi connectivity index (χ1n) is 9.84. The Kier molecular flexibility index (Phi) is 6.26. The summed E-state index contributed by atoms with van der Waals surface area (Å²) in [4.78, 5) is 0.405. The van der Waals surface area contributed by atoms with Crippen molar-refractivity contribution in [1.29, 1.82) is 0 Å². The van der Waals surface area contributed by atoms with Crippen LogP contribution in [0.4, 0.5) is 0 Å². The number of hydrogen-bond donors (Lipinski definition) is 1. The second kappa shape index (κ2) is 8.82. The standard InChI is InChI=1S/C23H21BrN2O4S2/c1-17-2-8-22(9-3-17)32(29,30)26-15-13-19-5-4-18(16-23(19)26)12-14-25-31(27,28)21-10-6-20(24)7-11-21/h2-11,13,15-16,25H,12,14H2,1H3. The van der Waals surface area contributed by atoms with Crippen LogP contribution in [-0.2, 0) is 26.5 Å². The molecule has 0 aliphatic heterocycles. The lowest BCUT2D eigenvalue weighted by atomic mass is 10.1. The van der Waals surface area contributed by atoms with E-state index in [1.54, 1.807) is 54.7 Å². The minimum atomic E-state index is -3.74. The van der Waals surface area contributed by atoms with Crippen LogP contribution < -0.4 is 4.72 Å². The van der Waals surface area contributed by atoms with Crippen molar-refractivity contribution >= 4 is 46.9 Å². The van der Waals surface area contributed by atoms with Gasteiger partial charge in [0.05, 0.1) is 15.3 Å². The smallest absolute Gasteiger partial charge is 0.241 e. The van der Waals surface area contributed by atoms with E-state index in [-0.39, 0.29) is 16.3 Å². The molecular formula is C23H21BrN2O4S2. The van der Waals surface area contributed by atoms with Crippen LogP contribution in [0.5, 0.6) is 0 Å². The van der Waals surface area contributed by atoms with Crippen molar-refractivity contribution in [2.45, 2.75) is 23.1 Å². The first kappa shape index (κ1) is 22.7. The van der Waals surface area contributed by atoms with Crippen LogP contribution in [0.25, 0.3) is 10.9 Å². The molecule has 0 radical (unpaired) electrons. The zero-order valence-corrected chi connectivity index (χ0v) is 20.4. The van der Waals surface area contributed by atoms with Gasteiger partial charge in [0.2, 0.25) is 10.0 Å². The Hall–Kier alpha value is -2.46. The van der Waals surface area contributed by atoms with Crippen LogP contribution in [0.2, 0.25) is 0 Å². The summed E-state index contributed by atoms with van der Waals surface area (Å²) in [6.07, 6.45) is 1.96. The number of rotatable bonds is 7. The Morgan fingerprint density at radius 2 is 1.50 bits per heavy atom. The second-order valence-electron chi connectivity index (χ2n) is 7.42. The average Bonchev–Trinajstić information content (AvgIpc) is 3.18. The normalized spacial score (nSPS) is 12.3. The fraction of sp³-hybridized carbons (Fsp3) is 0.130. The topological polar surface area (TPSA) is 85.2 Å². The summed E-state index contributed by atoms with van der Waals surface area (Å²) in [6.45, 7) is 2.09. The van der Waals surface area contributed by atoms with Crippen molar-refractivity contribution in [3.8, 4) is 0 Å². The zero-order valence-electron chi connectivity index (χ0n) is 17.2. The van der Waals surface area contributed by atoms with Crippen LogP contribution in [0.3, 0.4) is 0 Å². The molecule has 1 heterocycles. The molecule has 0 unspecified atom stereocenters. The molecule has 6 nitrogen and oxygen atoms in total. The van der Waals surface area contributed by atoms with Gasteiger partial charge >= 0.3 is 0 Å². The Balaban J connectivity index is 1.55. The number of sulfonamides is 1. The zero-order chi connectivity index (χ0) is 22.9. The summed E-state index contributed by atoms with van der Waals surface area (Å²) in [7, 11) is -7.36. The number of aryl methyl sites for hydroxylation is 1. The number of aromatic nitrogens is 1. The highest BCUT2D eigenvalue weighted by molar-refractivity contribution is 9.10. The molecular weight excluding hydrogens is 512 g/mol. The average molecular weight is 533 g/mol. The van der Waals surface area contributed by atoms with Gasteiger partial charge in [-0.2, -0.15) is 0 Å². The molecule has 0 aliphatic carbocycles. The Morgan fingerprint density at radius 1 is 0.844 bits per heavy atom. The fourth-order valence-corrected chi connectivity index (χ4v) is 6.01. The van der Waals surface area contributed by atoms with Gasteiger partial charge in [0.25, 0.3) is 10.0 Å². The summed E-state index contributed by atoms with van der Waals surface area (Å²) in [6, 6.07) is 20.4. The van der Waals surface area contributed by atoms with Gasteiger partial charge in [-0.05, 0) is 67.4 Å². The van der Waals surface area contributed by atoms with Crippen molar-refractivity contribution in [2.24, 2.45) is 0 Å². The number of nitrogens with zero attached hydrogens (tertiary/aromatic N) is 1. The van der Waals surface area contributed by atoms with Crippen LogP contribution >= 0.6 is 15.9 Å². The molecule has 0 saturated heterocycles. The molecule has 0 fully saturated rings. The van der Waals surface area contributed by atoms with E-state index < -0.39 is 20.0 Å². The maximum absolute atomic E-state index is 13.1. The van der Waals surface area contributed by atoms with E-state index in [0.717, 1.165) is 21.0 Å². The third-order valence-corrected chi connectivity index (χ3v) is 8.84. The monoisotopic (exact) mass is 532 g/mol. The number of fused-ring (bicyclic) bond motifs is 1. The van der Waals surface area contributed by atoms with Crippen LogP contribution in [-0.4, -0.2) is 27.4 Å². The predicted molar refractivity (Wildman–Crippen MR) is 129 cm³/mol. The van der Waals surface area contributed by atoms with Crippen LogP contribution in [0, 0.1) is 6.92 Å². The van der Waals surface area contributed by atoms with E-state index >= 15 is 0 Å². The van der Waals surface area contributed by atoms with Gasteiger partial charge in [0.15, 0.2) is 0 Å². The Labute approximate surface area is 196 Å². The minimum absolute atomic E-state index is 0.189. The van der Waals surface area contributed by atoms with E-state index in [0.29, 0.717) is 11.9 Å². The minimum Gasteiger partial charge on any atom is -0.241 e. The maximum atomic E-state index is 13.1. The van der Waals surface area contributed by atoms with Gasteiger partial charge in [-0.1, -0.05) is 45.8 Å². The lowest BCUT2D eigenvalue weighted by Crippen LogP contribution is -2.26. The highest BCUT2D eigenvalue weighted by Crippen LogP contribution is 2.24. The Bertz CT molecular complexity index is 1480. The molecule has 0 saturated carbocycles. The third kappa shape index (κ3) is 4.66. The van der Waals surface area contributed by atoms with Gasteiger partial charge in [0.1, 0.15) is 0 Å². The van der Waals surface area contributed by atoms with E-state index in [9.17, 15) is 16.8 Å². The van der Waals surface area contributed by atoms with Gasteiger partial charge < -0.3 is 0 Å². The number of nitrogens with one attached hydrogen (secondary N) is 1. The lowest BCUT2D eigenvalue weighted by molar-refractivity contribution is 0.581. The van der Waals surface area contributed by atoms with Crippen molar-refractivity contribution in [1.82, 2.24) is 8.69 Å². The SMILES string of the molecule is Cc1ccc(S(=O)(=O)n2ccc3ccc(CCNS(=O)(=O)c4ccc(Br)cc4)cc32)cc1. The van der Waals surface area contributed by atoms with Gasteiger partial charge in [0, 0.05) is 22.6 Å².